The molecule has 1 heterocycles. The van der Waals surface area contributed by atoms with Crippen molar-refractivity contribution in [3.8, 4) is 0 Å². The minimum absolute atomic E-state index is 0.133. The van der Waals surface area contributed by atoms with Gasteiger partial charge in [0.1, 0.15) is 0 Å². The predicted molar refractivity (Wildman–Crippen MR) is 106 cm³/mol. The maximum Gasteiger partial charge on any atom is 0.336 e. The van der Waals surface area contributed by atoms with Crippen LogP contribution in [0.2, 0.25) is 0 Å². The van der Waals surface area contributed by atoms with Crippen LogP contribution in [0.25, 0.3) is 0 Å². The lowest BCUT2D eigenvalue weighted by Gasteiger charge is -2.23. The van der Waals surface area contributed by atoms with Crippen molar-refractivity contribution in [2.24, 2.45) is 5.14 Å². The molecule has 1 aliphatic heterocycles. The van der Waals surface area contributed by atoms with E-state index >= 15 is 0 Å². The third-order valence-corrected chi connectivity index (χ3v) is 5.38. The summed E-state index contributed by atoms with van der Waals surface area (Å²) >= 11 is 0. The van der Waals surface area contributed by atoms with Gasteiger partial charge in [0, 0.05) is 0 Å². The molecule has 0 saturated carbocycles. The fourth-order valence-electron chi connectivity index (χ4n) is 2.56. The van der Waals surface area contributed by atoms with Gasteiger partial charge in [-0.3, -0.25) is 8.37 Å². The third kappa shape index (κ3) is 8.91. The van der Waals surface area contributed by atoms with E-state index in [0.29, 0.717) is 12.8 Å². The van der Waals surface area contributed by atoms with Crippen LogP contribution in [0.4, 0.5) is 0 Å². The predicted octanol–water partition coefficient (Wildman–Crippen LogP) is 1.82. The lowest BCUT2D eigenvalue weighted by atomic mass is 10.1. The van der Waals surface area contributed by atoms with Gasteiger partial charge < -0.3 is 0 Å². The van der Waals surface area contributed by atoms with Crippen molar-refractivity contribution in [1.29, 1.82) is 0 Å². The van der Waals surface area contributed by atoms with Crippen LogP contribution in [0.5, 0.6) is 0 Å². The zero-order valence-electron chi connectivity index (χ0n) is 15.2. The van der Waals surface area contributed by atoms with Crippen LogP contribution in [-0.4, -0.2) is 30.0 Å². The molecule has 3 N–H and O–H groups in total. The highest BCUT2D eigenvalue weighted by atomic mass is 32.2. The summed E-state index contributed by atoms with van der Waals surface area (Å²) in [7, 11) is -7.31. The van der Waals surface area contributed by atoms with Gasteiger partial charge in [-0.2, -0.15) is 21.6 Å². The largest absolute Gasteiger partial charge is 0.336 e. The second-order valence-electron chi connectivity index (χ2n) is 6.05. The topological polar surface area (TPSA) is 125 Å². The molecule has 0 aliphatic carbocycles. The summed E-state index contributed by atoms with van der Waals surface area (Å²) in [5.41, 5.74) is 2.13. The van der Waals surface area contributed by atoms with Crippen LogP contribution < -0.4 is 9.86 Å². The van der Waals surface area contributed by atoms with Crippen molar-refractivity contribution in [2.45, 2.75) is 25.3 Å². The number of aryl methyl sites for hydroxylation is 1. The molecular weight excluding hydrogens is 404 g/mol. The SMILES string of the molecule is NS(=O)(=O)OCCCc1ccccc1.O=S1(=O)NC(c2ccccc2)CCO1. The Hall–Kier alpha value is -1.82. The second-order valence-corrected chi connectivity index (χ2v) is 8.65. The zero-order valence-corrected chi connectivity index (χ0v) is 16.9. The summed E-state index contributed by atoms with van der Waals surface area (Å²) in [6.07, 6.45) is 2.10. The van der Waals surface area contributed by atoms with E-state index in [2.05, 4.69) is 18.2 Å². The Morgan fingerprint density at radius 2 is 1.68 bits per heavy atom. The monoisotopic (exact) mass is 428 g/mol. The molecule has 154 valence electrons. The second kappa shape index (κ2) is 10.6. The molecule has 8 nitrogen and oxygen atoms in total. The van der Waals surface area contributed by atoms with Gasteiger partial charge in [0.2, 0.25) is 0 Å². The summed E-state index contributed by atoms with van der Waals surface area (Å²) in [5, 5.41) is 4.66. The first kappa shape index (κ1) is 22.5. The van der Waals surface area contributed by atoms with E-state index in [-0.39, 0.29) is 19.3 Å². The van der Waals surface area contributed by atoms with Crippen LogP contribution in [0.3, 0.4) is 0 Å². The van der Waals surface area contributed by atoms with Crippen molar-refractivity contribution < 1.29 is 25.2 Å². The van der Waals surface area contributed by atoms with Crippen molar-refractivity contribution in [1.82, 2.24) is 4.72 Å². The van der Waals surface area contributed by atoms with Gasteiger partial charge in [-0.1, -0.05) is 60.7 Å². The molecule has 0 bridgehead atoms. The van der Waals surface area contributed by atoms with E-state index in [1.807, 2.05) is 60.7 Å². The van der Waals surface area contributed by atoms with E-state index in [0.717, 1.165) is 17.5 Å². The Morgan fingerprint density at radius 1 is 1.07 bits per heavy atom. The number of hydrogen-bond donors (Lipinski definition) is 2. The summed E-state index contributed by atoms with van der Waals surface area (Å²) in [6, 6.07) is 19.1. The zero-order chi connectivity index (χ0) is 20.5. The van der Waals surface area contributed by atoms with Gasteiger partial charge >= 0.3 is 20.6 Å². The Kier molecular flexibility index (Phi) is 8.55. The molecule has 0 spiro atoms. The summed E-state index contributed by atoms with van der Waals surface area (Å²) in [6.45, 7) is 0.378. The minimum atomic E-state index is -3.78. The molecule has 1 fully saturated rings. The van der Waals surface area contributed by atoms with Gasteiger partial charge in [-0.25, -0.2) is 5.14 Å². The maximum atomic E-state index is 11.1. The first-order chi connectivity index (χ1) is 13.3. The highest BCUT2D eigenvalue weighted by molar-refractivity contribution is 7.84. The summed E-state index contributed by atoms with van der Waals surface area (Å²) in [5.74, 6) is 0. The number of nitrogens with two attached hydrogens (primary N) is 1. The first-order valence-corrected chi connectivity index (χ1v) is 11.6. The van der Waals surface area contributed by atoms with Crippen LogP contribution in [0.1, 0.15) is 30.0 Å². The molecule has 1 unspecified atom stereocenters. The maximum absolute atomic E-state index is 11.1. The molecule has 28 heavy (non-hydrogen) atoms. The van der Waals surface area contributed by atoms with Gasteiger partial charge in [0.15, 0.2) is 0 Å². The molecule has 1 aliphatic rings. The highest BCUT2D eigenvalue weighted by Gasteiger charge is 2.25. The molecule has 0 aromatic heterocycles. The standard InChI is InChI=1S/C9H11NO3S.C9H13NO3S/c11-14(12)10-9(6-7-13-14)8-4-2-1-3-5-8;10-14(11,12)13-8-4-7-9-5-2-1-3-6-9/h1-5,9-10H,6-7H2;1-3,5-6H,4,7-8H2,(H2,10,11,12). The molecule has 1 atom stereocenters. The molecule has 2 aromatic carbocycles. The Balaban J connectivity index is 0.000000200. The summed E-state index contributed by atoms with van der Waals surface area (Å²) in [4.78, 5) is 0. The molecular formula is C18H24N2O6S2. The average molecular weight is 429 g/mol. The van der Waals surface area contributed by atoms with Crippen molar-refractivity contribution >= 4 is 20.6 Å². The summed E-state index contributed by atoms with van der Waals surface area (Å²) < 4.78 is 54.4. The van der Waals surface area contributed by atoms with E-state index < -0.39 is 20.6 Å². The van der Waals surface area contributed by atoms with E-state index in [9.17, 15) is 16.8 Å². The molecule has 0 radical (unpaired) electrons. The molecule has 3 rings (SSSR count). The Labute approximate surface area is 166 Å². The Bertz CT molecular complexity index is 919. The van der Waals surface area contributed by atoms with E-state index in [1.165, 1.54) is 0 Å². The Morgan fingerprint density at radius 3 is 2.25 bits per heavy atom. The number of nitrogens with one attached hydrogen (secondary N) is 1. The van der Waals surface area contributed by atoms with Crippen LogP contribution in [-0.2, 0) is 35.4 Å². The van der Waals surface area contributed by atoms with E-state index in [1.54, 1.807) is 0 Å². The molecule has 1 saturated heterocycles. The molecule has 0 amide bonds. The van der Waals surface area contributed by atoms with Gasteiger partial charge in [-0.15, -0.1) is 0 Å². The molecule has 2 aromatic rings. The van der Waals surface area contributed by atoms with Crippen LogP contribution in [0.15, 0.2) is 60.7 Å². The normalized spacial score (nSPS) is 18.7. The van der Waals surface area contributed by atoms with Crippen molar-refractivity contribution in [2.75, 3.05) is 13.2 Å². The fourth-order valence-corrected chi connectivity index (χ4v) is 3.90. The van der Waals surface area contributed by atoms with Gasteiger partial charge in [0.25, 0.3) is 0 Å². The number of hydrogen-bond acceptors (Lipinski definition) is 6. The average Bonchev–Trinajstić information content (AvgIpc) is 2.66. The van der Waals surface area contributed by atoms with Gasteiger partial charge in [-0.05, 0) is 30.4 Å². The minimum Gasteiger partial charge on any atom is -0.258 e. The first-order valence-electron chi connectivity index (χ1n) is 8.68. The van der Waals surface area contributed by atoms with Crippen molar-refractivity contribution in [3.05, 3.63) is 71.8 Å². The fraction of sp³-hybridized carbons (Fsp3) is 0.333. The number of rotatable bonds is 6. The lowest BCUT2D eigenvalue weighted by Crippen LogP contribution is -2.36. The number of benzene rings is 2. The van der Waals surface area contributed by atoms with Gasteiger partial charge in [0.05, 0.1) is 19.3 Å². The van der Waals surface area contributed by atoms with Crippen LogP contribution >= 0.6 is 0 Å². The van der Waals surface area contributed by atoms with Crippen LogP contribution in [0, 0.1) is 0 Å². The molecule has 10 heteroatoms. The smallest absolute Gasteiger partial charge is 0.258 e. The van der Waals surface area contributed by atoms with E-state index in [4.69, 9.17) is 0 Å². The highest BCUT2D eigenvalue weighted by Crippen LogP contribution is 2.21. The van der Waals surface area contributed by atoms with Crippen molar-refractivity contribution in [3.63, 3.8) is 0 Å². The lowest BCUT2D eigenvalue weighted by molar-refractivity contribution is 0.257. The quantitative estimate of drug-likeness (QED) is 0.676. The third-order valence-electron chi connectivity index (χ3n) is 3.83.